The smallest absolute Gasteiger partial charge is 0.258 e. The summed E-state index contributed by atoms with van der Waals surface area (Å²) in [6.07, 6.45) is 2.00. The summed E-state index contributed by atoms with van der Waals surface area (Å²) in [5, 5.41) is 0. The van der Waals surface area contributed by atoms with Gasteiger partial charge in [0.1, 0.15) is 0 Å². The molecule has 3 rings (SSSR count). The standard InChI is InChI=1S/C18H17NO/c1-12-8-9-14(13(2)10-12)11-16-15-6-4-5-7-17(15)19(3)18(16)20/h4-11H,1-3H3/b16-11-. The molecule has 100 valence electrons. The zero-order valence-electron chi connectivity index (χ0n) is 12.0. The topological polar surface area (TPSA) is 20.3 Å². The molecule has 0 saturated carbocycles. The second-order valence-electron chi connectivity index (χ2n) is 5.30. The van der Waals surface area contributed by atoms with Crippen molar-refractivity contribution in [1.29, 1.82) is 0 Å². The van der Waals surface area contributed by atoms with E-state index in [2.05, 4.69) is 32.0 Å². The van der Waals surface area contributed by atoms with Gasteiger partial charge in [-0.1, -0.05) is 42.0 Å². The number of fused-ring (bicyclic) bond motifs is 1. The third kappa shape index (κ3) is 1.94. The Morgan fingerprint density at radius 2 is 1.80 bits per heavy atom. The summed E-state index contributed by atoms with van der Waals surface area (Å²) >= 11 is 0. The lowest BCUT2D eigenvalue weighted by Gasteiger charge is -2.08. The predicted molar refractivity (Wildman–Crippen MR) is 83.6 cm³/mol. The molecule has 0 unspecified atom stereocenters. The Hall–Kier alpha value is -2.35. The summed E-state index contributed by atoms with van der Waals surface area (Å²) in [7, 11) is 1.82. The van der Waals surface area contributed by atoms with Gasteiger partial charge in [0, 0.05) is 18.2 Å². The van der Waals surface area contributed by atoms with Gasteiger partial charge in [-0.25, -0.2) is 0 Å². The number of benzene rings is 2. The maximum atomic E-state index is 12.4. The molecule has 1 heterocycles. The highest BCUT2D eigenvalue weighted by Crippen LogP contribution is 2.36. The van der Waals surface area contributed by atoms with Gasteiger partial charge in [0.15, 0.2) is 0 Å². The lowest BCUT2D eigenvalue weighted by Crippen LogP contribution is -2.20. The fraction of sp³-hybridized carbons (Fsp3) is 0.167. The van der Waals surface area contributed by atoms with Crippen LogP contribution in [-0.4, -0.2) is 13.0 Å². The van der Waals surface area contributed by atoms with Gasteiger partial charge < -0.3 is 4.90 Å². The molecule has 0 atom stereocenters. The molecule has 0 spiro atoms. The highest BCUT2D eigenvalue weighted by atomic mass is 16.2. The number of likely N-dealkylation sites (N-methyl/N-ethyl adjacent to an activating group) is 1. The number of rotatable bonds is 1. The van der Waals surface area contributed by atoms with Crippen LogP contribution in [0.3, 0.4) is 0 Å². The van der Waals surface area contributed by atoms with Crippen LogP contribution in [0.4, 0.5) is 5.69 Å². The van der Waals surface area contributed by atoms with Crippen molar-refractivity contribution in [3.8, 4) is 0 Å². The maximum Gasteiger partial charge on any atom is 0.258 e. The third-order valence-corrected chi connectivity index (χ3v) is 3.82. The van der Waals surface area contributed by atoms with Crippen molar-refractivity contribution in [2.75, 3.05) is 11.9 Å². The van der Waals surface area contributed by atoms with E-state index in [0.717, 1.165) is 22.4 Å². The Bertz CT molecular complexity index is 728. The summed E-state index contributed by atoms with van der Waals surface area (Å²) in [5.74, 6) is 0.0613. The van der Waals surface area contributed by atoms with E-state index in [1.807, 2.05) is 37.4 Å². The Kier molecular flexibility index (Phi) is 2.94. The van der Waals surface area contributed by atoms with E-state index in [9.17, 15) is 4.79 Å². The Balaban J connectivity index is 2.14. The summed E-state index contributed by atoms with van der Waals surface area (Å²) in [5.41, 5.74) is 6.30. The van der Waals surface area contributed by atoms with Crippen LogP contribution in [0, 0.1) is 13.8 Å². The van der Waals surface area contributed by atoms with Gasteiger partial charge in [-0.3, -0.25) is 4.79 Å². The lowest BCUT2D eigenvalue weighted by atomic mass is 10.00. The third-order valence-electron chi connectivity index (χ3n) is 3.82. The fourth-order valence-electron chi connectivity index (χ4n) is 2.68. The molecular formula is C18H17NO. The normalized spacial score (nSPS) is 15.8. The molecule has 1 aliphatic heterocycles. The van der Waals surface area contributed by atoms with Crippen LogP contribution in [-0.2, 0) is 4.79 Å². The number of hydrogen-bond donors (Lipinski definition) is 0. The first-order valence-corrected chi connectivity index (χ1v) is 6.74. The Morgan fingerprint density at radius 1 is 1.05 bits per heavy atom. The van der Waals surface area contributed by atoms with Crippen LogP contribution < -0.4 is 4.90 Å². The van der Waals surface area contributed by atoms with E-state index in [1.54, 1.807) is 4.90 Å². The minimum atomic E-state index is 0.0613. The van der Waals surface area contributed by atoms with Gasteiger partial charge in [0.25, 0.3) is 5.91 Å². The second-order valence-corrected chi connectivity index (χ2v) is 5.30. The molecule has 0 radical (unpaired) electrons. The average molecular weight is 263 g/mol. The van der Waals surface area contributed by atoms with E-state index in [0.29, 0.717) is 0 Å². The zero-order valence-corrected chi connectivity index (χ0v) is 12.0. The quantitative estimate of drug-likeness (QED) is 0.716. The number of anilines is 1. The molecule has 0 aliphatic carbocycles. The van der Waals surface area contributed by atoms with Crippen molar-refractivity contribution in [2.45, 2.75) is 13.8 Å². The minimum absolute atomic E-state index is 0.0613. The van der Waals surface area contributed by atoms with Gasteiger partial charge >= 0.3 is 0 Å². The van der Waals surface area contributed by atoms with E-state index in [-0.39, 0.29) is 5.91 Å². The van der Waals surface area contributed by atoms with Gasteiger partial charge in [-0.05, 0) is 37.1 Å². The van der Waals surface area contributed by atoms with Crippen LogP contribution >= 0.6 is 0 Å². The first-order chi connectivity index (χ1) is 9.58. The van der Waals surface area contributed by atoms with Gasteiger partial charge in [-0.2, -0.15) is 0 Å². The number of nitrogens with zero attached hydrogens (tertiary/aromatic N) is 1. The molecule has 0 aromatic heterocycles. The molecule has 1 aliphatic rings. The van der Waals surface area contributed by atoms with E-state index in [1.165, 1.54) is 11.1 Å². The largest absolute Gasteiger partial charge is 0.311 e. The molecule has 1 amide bonds. The van der Waals surface area contributed by atoms with Crippen molar-refractivity contribution >= 4 is 23.2 Å². The van der Waals surface area contributed by atoms with E-state index >= 15 is 0 Å². The molecule has 2 nitrogen and oxygen atoms in total. The molecule has 0 bridgehead atoms. The lowest BCUT2D eigenvalue weighted by molar-refractivity contribution is -0.112. The van der Waals surface area contributed by atoms with Gasteiger partial charge in [-0.15, -0.1) is 0 Å². The van der Waals surface area contributed by atoms with Crippen LogP contribution in [0.15, 0.2) is 42.5 Å². The molecule has 2 aromatic carbocycles. The van der Waals surface area contributed by atoms with Crippen molar-refractivity contribution in [2.24, 2.45) is 0 Å². The highest BCUT2D eigenvalue weighted by molar-refractivity contribution is 6.35. The van der Waals surface area contributed by atoms with Crippen molar-refractivity contribution in [3.05, 3.63) is 64.7 Å². The Labute approximate surface area is 119 Å². The van der Waals surface area contributed by atoms with Crippen molar-refractivity contribution in [3.63, 3.8) is 0 Å². The molecular weight excluding hydrogens is 246 g/mol. The molecule has 20 heavy (non-hydrogen) atoms. The SMILES string of the molecule is Cc1ccc(/C=C2\C(=O)N(C)c3ccccc32)c(C)c1. The highest BCUT2D eigenvalue weighted by Gasteiger charge is 2.28. The maximum absolute atomic E-state index is 12.4. The monoisotopic (exact) mass is 263 g/mol. The number of para-hydroxylation sites is 1. The van der Waals surface area contributed by atoms with Gasteiger partial charge in [0.05, 0.1) is 5.69 Å². The average Bonchev–Trinajstić information content (AvgIpc) is 2.67. The van der Waals surface area contributed by atoms with E-state index < -0.39 is 0 Å². The molecule has 2 heteroatoms. The second kappa shape index (κ2) is 4.64. The number of aryl methyl sites for hydroxylation is 2. The van der Waals surface area contributed by atoms with Crippen LogP contribution in [0.2, 0.25) is 0 Å². The summed E-state index contributed by atoms with van der Waals surface area (Å²) in [6.45, 7) is 4.15. The number of amides is 1. The number of hydrogen-bond acceptors (Lipinski definition) is 1. The summed E-state index contributed by atoms with van der Waals surface area (Å²) < 4.78 is 0. The van der Waals surface area contributed by atoms with E-state index in [4.69, 9.17) is 0 Å². The summed E-state index contributed by atoms with van der Waals surface area (Å²) in [4.78, 5) is 14.1. The predicted octanol–water partition coefficient (Wildman–Crippen LogP) is 3.82. The minimum Gasteiger partial charge on any atom is -0.311 e. The first-order valence-electron chi connectivity index (χ1n) is 6.74. The van der Waals surface area contributed by atoms with Crippen LogP contribution in [0.1, 0.15) is 22.3 Å². The number of carbonyl (C=O) groups excluding carboxylic acids is 1. The zero-order chi connectivity index (χ0) is 14.3. The van der Waals surface area contributed by atoms with Crippen molar-refractivity contribution < 1.29 is 4.79 Å². The van der Waals surface area contributed by atoms with Crippen molar-refractivity contribution in [1.82, 2.24) is 0 Å². The van der Waals surface area contributed by atoms with Crippen LogP contribution in [0.25, 0.3) is 11.6 Å². The molecule has 2 aromatic rings. The van der Waals surface area contributed by atoms with Crippen LogP contribution in [0.5, 0.6) is 0 Å². The Morgan fingerprint density at radius 3 is 2.55 bits per heavy atom. The molecule has 0 N–H and O–H groups in total. The summed E-state index contributed by atoms with van der Waals surface area (Å²) in [6, 6.07) is 14.2. The molecule has 0 saturated heterocycles. The van der Waals surface area contributed by atoms with Gasteiger partial charge in [0.2, 0.25) is 0 Å². The first kappa shape index (κ1) is 12.7. The number of carbonyl (C=O) groups is 1. The molecule has 0 fully saturated rings. The fourth-order valence-corrected chi connectivity index (χ4v) is 2.68.